The Morgan fingerprint density at radius 1 is 1.24 bits per heavy atom. The fourth-order valence-corrected chi connectivity index (χ4v) is 2.62. The number of hydrogen-bond donors (Lipinski definition) is 3. The molecule has 3 rings (SSSR count). The lowest BCUT2D eigenvalue weighted by Crippen LogP contribution is -2.36. The van der Waals surface area contributed by atoms with Crippen LogP contribution >= 0.6 is 0 Å². The van der Waals surface area contributed by atoms with Crippen LogP contribution in [0, 0.1) is 0 Å². The standard InChI is InChI=1S/C15H19N3O3/c1-20-13-6-9-5-12(18-11(9)7-14(13)21-2)15(19)17-10-3-4-16-8-10/h5-7,10,16,18H,3-4,8H2,1-2H3,(H,17,19). The third kappa shape index (κ3) is 2.67. The third-order valence-electron chi connectivity index (χ3n) is 3.77. The second kappa shape index (κ2) is 5.65. The minimum atomic E-state index is -0.0853. The van der Waals surface area contributed by atoms with E-state index in [2.05, 4.69) is 15.6 Å². The summed E-state index contributed by atoms with van der Waals surface area (Å²) in [5.74, 6) is 1.20. The van der Waals surface area contributed by atoms with Gasteiger partial charge in [0.1, 0.15) is 5.69 Å². The SMILES string of the molecule is COc1cc2cc(C(=O)NC3CCNC3)[nH]c2cc1OC. The van der Waals surface area contributed by atoms with E-state index in [-0.39, 0.29) is 11.9 Å². The normalized spacial score (nSPS) is 17.9. The van der Waals surface area contributed by atoms with Crippen LogP contribution in [0.2, 0.25) is 0 Å². The van der Waals surface area contributed by atoms with Crippen molar-refractivity contribution >= 4 is 16.8 Å². The molecule has 0 aliphatic carbocycles. The molecular formula is C15H19N3O3. The number of benzene rings is 1. The van der Waals surface area contributed by atoms with Crippen LogP contribution < -0.4 is 20.1 Å². The number of carbonyl (C=O) groups excluding carboxylic acids is 1. The van der Waals surface area contributed by atoms with Gasteiger partial charge in [0.05, 0.1) is 14.2 Å². The molecular weight excluding hydrogens is 270 g/mol. The van der Waals surface area contributed by atoms with Gasteiger partial charge < -0.3 is 25.1 Å². The van der Waals surface area contributed by atoms with Crippen LogP contribution in [-0.4, -0.2) is 44.2 Å². The lowest BCUT2D eigenvalue weighted by molar-refractivity contribution is 0.0936. The summed E-state index contributed by atoms with van der Waals surface area (Å²) in [5, 5.41) is 7.16. The molecule has 1 saturated heterocycles. The Balaban J connectivity index is 1.87. The van der Waals surface area contributed by atoms with E-state index in [1.807, 2.05) is 18.2 Å². The fourth-order valence-electron chi connectivity index (χ4n) is 2.62. The van der Waals surface area contributed by atoms with E-state index in [1.54, 1.807) is 14.2 Å². The van der Waals surface area contributed by atoms with E-state index < -0.39 is 0 Å². The van der Waals surface area contributed by atoms with E-state index in [0.29, 0.717) is 17.2 Å². The zero-order valence-electron chi connectivity index (χ0n) is 12.2. The molecule has 1 aromatic carbocycles. The maximum atomic E-state index is 12.2. The zero-order valence-corrected chi connectivity index (χ0v) is 12.2. The van der Waals surface area contributed by atoms with Crippen LogP contribution in [0.5, 0.6) is 11.5 Å². The van der Waals surface area contributed by atoms with Crippen molar-refractivity contribution in [3.05, 3.63) is 23.9 Å². The van der Waals surface area contributed by atoms with Gasteiger partial charge in [-0.1, -0.05) is 0 Å². The number of fused-ring (bicyclic) bond motifs is 1. The highest BCUT2D eigenvalue weighted by atomic mass is 16.5. The smallest absolute Gasteiger partial charge is 0.267 e. The number of aromatic nitrogens is 1. The lowest BCUT2D eigenvalue weighted by Gasteiger charge is -2.09. The summed E-state index contributed by atoms with van der Waals surface area (Å²) in [4.78, 5) is 15.4. The van der Waals surface area contributed by atoms with E-state index in [1.165, 1.54) is 0 Å². The van der Waals surface area contributed by atoms with E-state index in [4.69, 9.17) is 9.47 Å². The minimum absolute atomic E-state index is 0.0853. The van der Waals surface area contributed by atoms with Gasteiger partial charge in [-0.2, -0.15) is 0 Å². The monoisotopic (exact) mass is 289 g/mol. The molecule has 0 bridgehead atoms. The molecule has 0 radical (unpaired) electrons. The summed E-state index contributed by atoms with van der Waals surface area (Å²) in [6.45, 7) is 1.78. The van der Waals surface area contributed by atoms with Crippen molar-refractivity contribution in [3.63, 3.8) is 0 Å². The van der Waals surface area contributed by atoms with E-state index in [0.717, 1.165) is 30.4 Å². The number of rotatable bonds is 4. The first kappa shape index (κ1) is 13.8. The average molecular weight is 289 g/mol. The lowest BCUT2D eigenvalue weighted by atomic mass is 10.2. The molecule has 0 saturated carbocycles. The van der Waals surface area contributed by atoms with Crippen LogP contribution in [0.1, 0.15) is 16.9 Å². The Hall–Kier alpha value is -2.21. The summed E-state index contributed by atoms with van der Waals surface area (Å²) in [6.07, 6.45) is 0.966. The summed E-state index contributed by atoms with van der Waals surface area (Å²) in [7, 11) is 3.18. The van der Waals surface area contributed by atoms with Crippen LogP contribution in [0.15, 0.2) is 18.2 Å². The van der Waals surface area contributed by atoms with Gasteiger partial charge in [-0.3, -0.25) is 4.79 Å². The molecule has 6 nitrogen and oxygen atoms in total. The van der Waals surface area contributed by atoms with Crippen LogP contribution in [0.4, 0.5) is 0 Å². The minimum Gasteiger partial charge on any atom is -0.493 e. The Kier molecular flexibility index (Phi) is 3.70. The van der Waals surface area contributed by atoms with Crippen molar-refractivity contribution in [3.8, 4) is 11.5 Å². The van der Waals surface area contributed by atoms with Crippen molar-refractivity contribution in [2.24, 2.45) is 0 Å². The Morgan fingerprint density at radius 2 is 2.00 bits per heavy atom. The molecule has 1 fully saturated rings. The second-order valence-corrected chi connectivity index (χ2v) is 5.14. The molecule has 3 N–H and O–H groups in total. The third-order valence-corrected chi connectivity index (χ3v) is 3.77. The second-order valence-electron chi connectivity index (χ2n) is 5.14. The number of ether oxygens (including phenoxy) is 2. The summed E-state index contributed by atoms with van der Waals surface area (Å²) in [6, 6.07) is 5.73. The summed E-state index contributed by atoms with van der Waals surface area (Å²) >= 11 is 0. The Bertz CT molecular complexity index is 618. The predicted octanol–water partition coefficient (Wildman–Crippen LogP) is 1.28. The maximum Gasteiger partial charge on any atom is 0.267 e. The number of methoxy groups -OCH3 is 2. The summed E-state index contributed by atoms with van der Waals surface area (Å²) < 4.78 is 10.5. The quantitative estimate of drug-likeness (QED) is 0.792. The fraction of sp³-hybridized carbons (Fsp3) is 0.400. The van der Waals surface area contributed by atoms with Gasteiger partial charge in [0.2, 0.25) is 0 Å². The van der Waals surface area contributed by atoms with Crippen LogP contribution in [0.3, 0.4) is 0 Å². The highest BCUT2D eigenvalue weighted by Gasteiger charge is 2.19. The van der Waals surface area contributed by atoms with Crippen molar-refractivity contribution in [1.29, 1.82) is 0 Å². The van der Waals surface area contributed by atoms with Gasteiger partial charge in [0.15, 0.2) is 11.5 Å². The molecule has 1 atom stereocenters. The molecule has 1 unspecified atom stereocenters. The number of aromatic amines is 1. The average Bonchev–Trinajstić information content (AvgIpc) is 3.13. The van der Waals surface area contributed by atoms with Gasteiger partial charge in [-0.25, -0.2) is 0 Å². The van der Waals surface area contributed by atoms with Gasteiger partial charge in [-0.05, 0) is 25.1 Å². The number of amides is 1. The largest absolute Gasteiger partial charge is 0.493 e. The number of carbonyl (C=O) groups is 1. The number of nitrogens with one attached hydrogen (secondary N) is 3. The molecule has 21 heavy (non-hydrogen) atoms. The summed E-state index contributed by atoms with van der Waals surface area (Å²) in [5.41, 5.74) is 1.40. The Labute approximate surface area is 122 Å². The highest BCUT2D eigenvalue weighted by molar-refractivity contribution is 5.98. The first-order valence-electron chi connectivity index (χ1n) is 6.97. The van der Waals surface area contributed by atoms with Gasteiger partial charge in [0, 0.05) is 29.6 Å². The van der Waals surface area contributed by atoms with E-state index >= 15 is 0 Å². The molecule has 0 spiro atoms. The van der Waals surface area contributed by atoms with Crippen molar-refractivity contribution in [2.45, 2.75) is 12.5 Å². The Morgan fingerprint density at radius 3 is 2.67 bits per heavy atom. The van der Waals surface area contributed by atoms with Crippen LogP contribution in [0.25, 0.3) is 10.9 Å². The zero-order chi connectivity index (χ0) is 14.8. The maximum absolute atomic E-state index is 12.2. The van der Waals surface area contributed by atoms with Gasteiger partial charge >= 0.3 is 0 Å². The number of H-pyrrole nitrogens is 1. The molecule has 6 heteroatoms. The van der Waals surface area contributed by atoms with E-state index in [9.17, 15) is 4.79 Å². The predicted molar refractivity (Wildman–Crippen MR) is 80.1 cm³/mol. The molecule has 1 aromatic heterocycles. The molecule has 112 valence electrons. The molecule has 1 amide bonds. The molecule has 2 aromatic rings. The first-order valence-corrected chi connectivity index (χ1v) is 6.97. The highest BCUT2D eigenvalue weighted by Crippen LogP contribution is 2.32. The first-order chi connectivity index (χ1) is 10.2. The van der Waals surface area contributed by atoms with Crippen molar-refractivity contribution in [1.82, 2.24) is 15.6 Å². The van der Waals surface area contributed by atoms with Crippen LogP contribution in [-0.2, 0) is 0 Å². The number of hydrogen-bond acceptors (Lipinski definition) is 4. The molecule has 1 aliphatic rings. The van der Waals surface area contributed by atoms with Gasteiger partial charge in [0.25, 0.3) is 5.91 Å². The van der Waals surface area contributed by atoms with Crippen molar-refractivity contribution in [2.75, 3.05) is 27.3 Å². The van der Waals surface area contributed by atoms with Gasteiger partial charge in [-0.15, -0.1) is 0 Å². The topological polar surface area (TPSA) is 75.4 Å². The molecule has 2 heterocycles. The molecule has 1 aliphatic heterocycles. The van der Waals surface area contributed by atoms with Crippen molar-refractivity contribution < 1.29 is 14.3 Å².